The van der Waals surface area contributed by atoms with E-state index in [-0.39, 0.29) is 5.91 Å². The van der Waals surface area contributed by atoms with Gasteiger partial charge in [0.15, 0.2) is 5.82 Å². The Labute approximate surface area is 207 Å². The molecule has 0 aliphatic carbocycles. The van der Waals surface area contributed by atoms with Crippen LogP contribution in [0, 0.1) is 6.92 Å². The topological polar surface area (TPSA) is 90.5 Å². The summed E-state index contributed by atoms with van der Waals surface area (Å²) in [6.45, 7) is 2.72. The van der Waals surface area contributed by atoms with Gasteiger partial charge in [-0.2, -0.15) is 4.68 Å². The molecule has 1 N–H and O–H groups in total. The van der Waals surface area contributed by atoms with Crippen LogP contribution in [0.1, 0.15) is 27.6 Å². The Morgan fingerprint density at radius 2 is 1.74 bits per heavy atom. The maximum absolute atomic E-state index is 13.1. The molecule has 0 radical (unpaired) electrons. The predicted octanol–water partition coefficient (Wildman–Crippen LogP) is 4.76. The molecule has 8 nitrogen and oxygen atoms in total. The maximum atomic E-state index is 13.1. The van der Waals surface area contributed by atoms with Crippen molar-refractivity contribution in [2.75, 3.05) is 5.32 Å². The van der Waals surface area contributed by atoms with Crippen molar-refractivity contribution < 1.29 is 4.79 Å². The molecule has 0 fully saturated rings. The van der Waals surface area contributed by atoms with Crippen LogP contribution in [-0.2, 0) is 12.3 Å². The maximum Gasteiger partial charge on any atom is 0.256 e. The summed E-state index contributed by atoms with van der Waals surface area (Å²) >= 11 is 1.53. The lowest BCUT2D eigenvalue weighted by Gasteiger charge is -2.11. The largest absolute Gasteiger partial charge is 0.331 e. The van der Waals surface area contributed by atoms with E-state index in [9.17, 15) is 4.79 Å². The van der Waals surface area contributed by atoms with Gasteiger partial charge in [0.25, 0.3) is 5.91 Å². The average molecular weight is 482 g/mol. The first-order valence-electron chi connectivity index (χ1n) is 11.1. The van der Waals surface area contributed by atoms with E-state index in [1.165, 1.54) is 11.8 Å². The van der Waals surface area contributed by atoms with Crippen LogP contribution in [0.25, 0.3) is 5.69 Å². The van der Waals surface area contributed by atoms with Crippen molar-refractivity contribution in [1.29, 1.82) is 0 Å². The summed E-state index contributed by atoms with van der Waals surface area (Å²) in [7, 11) is 0. The molecule has 0 aliphatic heterocycles. The zero-order valence-electron chi connectivity index (χ0n) is 19.1. The minimum Gasteiger partial charge on any atom is -0.331 e. The van der Waals surface area contributed by atoms with Crippen LogP contribution >= 0.6 is 11.8 Å². The molecule has 0 atom stereocenters. The molecule has 3 aromatic carbocycles. The number of hydrogen-bond acceptors (Lipinski definition) is 6. The second-order valence-corrected chi connectivity index (χ2v) is 8.90. The number of carbonyl (C=O) groups excluding carboxylic acids is 1. The number of amides is 1. The number of rotatable bonds is 8. The van der Waals surface area contributed by atoms with Gasteiger partial charge in [-0.05, 0) is 59.3 Å². The molecule has 0 spiro atoms. The molecular formula is C26H23N7OS. The van der Waals surface area contributed by atoms with Gasteiger partial charge in [0, 0.05) is 29.5 Å². The molecule has 5 rings (SSSR count). The Morgan fingerprint density at radius 3 is 2.51 bits per heavy atom. The number of imidazole rings is 1. The molecular weight excluding hydrogens is 458 g/mol. The summed E-state index contributed by atoms with van der Waals surface area (Å²) in [5, 5.41) is 15.1. The van der Waals surface area contributed by atoms with Gasteiger partial charge in [-0.25, -0.2) is 4.98 Å². The normalized spacial score (nSPS) is 10.9. The number of nitrogens with one attached hydrogen (secondary N) is 1. The van der Waals surface area contributed by atoms with E-state index in [2.05, 4.69) is 30.4 Å². The van der Waals surface area contributed by atoms with Crippen molar-refractivity contribution in [3.63, 3.8) is 0 Å². The van der Waals surface area contributed by atoms with Gasteiger partial charge in [-0.15, -0.1) is 16.9 Å². The van der Waals surface area contributed by atoms with Gasteiger partial charge in [-0.1, -0.05) is 42.5 Å². The monoisotopic (exact) mass is 481 g/mol. The van der Waals surface area contributed by atoms with Gasteiger partial charge in [0.1, 0.15) is 5.82 Å². The lowest BCUT2D eigenvalue weighted by Crippen LogP contribution is -2.13. The zero-order valence-corrected chi connectivity index (χ0v) is 19.9. The fourth-order valence-corrected chi connectivity index (χ4v) is 4.60. The third-order valence-electron chi connectivity index (χ3n) is 5.51. The molecule has 174 valence electrons. The standard InChI is InChI=1S/C26H23N7OS/c1-19-27-15-16-32(19)17-20-11-13-21(14-12-20)28-26(34)23-9-5-6-10-24(23)35-18-25-29-30-31-33(25)22-7-3-2-4-8-22/h2-16H,17-18H2,1H3,(H,28,34). The first-order valence-corrected chi connectivity index (χ1v) is 12.1. The molecule has 0 aliphatic rings. The van der Waals surface area contributed by atoms with Crippen molar-refractivity contribution in [3.05, 3.63) is 114 Å². The van der Waals surface area contributed by atoms with Crippen molar-refractivity contribution in [2.24, 2.45) is 0 Å². The van der Waals surface area contributed by atoms with Crippen LogP contribution in [-0.4, -0.2) is 35.7 Å². The molecule has 35 heavy (non-hydrogen) atoms. The van der Waals surface area contributed by atoms with Gasteiger partial charge in [0.05, 0.1) is 17.0 Å². The summed E-state index contributed by atoms with van der Waals surface area (Å²) < 4.78 is 3.79. The number of para-hydroxylation sites is 1. The van der Waals surface area contributed by atoms with Gasteiger partial charge < -0.3 is 9.88 Å². The first kappa shape index (κ1) is 22.5. The van der Waals surface area contributed by atoms with E-state index < -0.39 is 0 Å². The molecule has 0 unspecified atom stereocenters. The number of aromatic nitrogens is 6. The summed E-state index contributed by atoms with van der Waals surface area (Å²) in [5.74, 6) is 2.04. The highest BCUT2D eigenvalue weighted by molar-refractivity contribution is 7.98. The molecule has 2 aromatic heterocycles. The number of thioether (sulfide) groups is 1. The van der Waals surface area contributed by atoms with E-state index in [4.69, 9.17) is 0 Å². The highest BCUT2D eigenvalue weighted by Gasteiger charge is 2.14. The molecule has 5 aromatic rings. The van der Waals surface area contributed by atoms with Crippen LogP contribution in [0.2, 0.25) is 0 Å². The van der Waals surface area contributed by atoms with E-state index >= 15 is 0 Å². The molecule has 9 heteroatoms. The van der Waals surface area contributed by atoms with Crippen molar-refractivity contribution >= 4 is 23.4 Å². The summed E-state index contributed by atoms with van der Waals surface area (Å²) in [6, 6.07) is 25.2. The number of hydrogen-bond donors (Lipinski definition) is 1. The number of tetrazole rings is 1. The number of benzene rings is 3. The summed E-state index contributed by atoms with van der Waals surface area (Å²) in [4.78, 5) is 18.2. The molecule has 0 bridgehead atoms. The fourth-order valence-electron chi connectivity index (χ4n) is 3.65. The minimum atomic E-state index is -0.158. The molecule has 0 saturated carbocycles. The Bertz CT molecular complexity index is 1430. The van der Waals surface area contributed by atoms with Crippen molar-refractivity contribution in [2.45, 2.75) is 24.1 Å². The molecule has 1 amide bonds. The Balaban J connectivity index is 1.26. The lowest BCUT2D eigenvalue weighted by atomic mass is 10.1. The molecule has 0 saturated heterocycles. The number of nitrogens with zero attached hydrogens (tertiary/aromatic N) is 6. The SMILES string of the molecule is Cc1nccn1Cc1ccc(NC(=O)c2ccccc2SCc2nnnn2-c2ccccc2)cc1. The number of carbonyl (C=O) groups is 1. The second-order valence-electron chi connectivity index (χ2n) is 7.88. The average Bonchev–Trinajstić information content (AvgIpc) is 3.53. The van der Waals surface area contributed by atoms with Crippen LogP contribution in [0.15, 0.2) is 96.2 Å². The highest BCUT2D eigenvalue weighted by Crippen LogP contribution is 2.27. The Hall–Kier alpha value is -4.24. The predicted molar refractivity (Wildman–Crippen MR) is 136 cm³/mol. The lowest BCUT2D eigenvalue weighted by molar-refractivity contribution is 0.102. The van der Waals surface area contributed by atoms with Crippen LogP contribution < -0.4 is 5.32 Å². The number of anilines is 1. The summed E-state index contributed by atoms with van der Waals surface area (Å²) in [5.41, 5.74) is 3.38. The second kappa shape index (κ2) is 10.4. The van der Waals surface area contributed by atoms with E-state index in [0.717, 1.165) is 34.2 Å². The third-order valence-corrected chi connectivity index (χ3v) is 6.58. The van der Waals surface area contributed by atoms with Crippen molar-refractivity contribution in [1.82, 2.24) is 29.8 Å². The van der Waals surface area contributed by atoms with Gasteiger partial charge in [-0.3, -0.25) is 4.79 Å². The van der Waals surface area contributed by atoms with E-state index in [1.54, 1.807) is 10.9 Å². The van der Waals surface area contributed by atoms with Gasteiger partial charge in [0.2, 0.25) is 0 Å². The quantitative estimate of drug-likeness (QED) is 0.321. The smallest absolute Gasteiger partial charge is 0.256 e. The van der Waals surface area contributed by atoms with Crippen LogP contribution in [0.5, 0.6) is 0 Å². The van der Waals surface area contributed by atoms with Crippen molar-refractivity contribution in [3.8, 4) is 5.69 Å². The third kappa shape index (κ3) is 5.30. The van der Waals surface area contributed by atoms with Gasteiger partial charge >= 0.3 is 0 Å². The van der Waals surface area contributed by atoms with E-state index in [0.29, 0.717) is 17.1 Å². The fraction of sp³-hybridized carbons (Fsp3) is 0.115. The van der Waals surface area contributed by atoms with E-state index in [1.807, 2.05) is 92.0 Å². The van der Waals surface area contributed by atoms with Crippen LogP contribution in [0.4, 0.5) is 5.69 Å². The van der Waals surface area contributed by atoms with Crippen LogP contribution in [0.3, 0.4) is 0 Å². The minimum absolute atomic E-state index is 0.158. The number of aryl methyl sites for hydroxylation is 1. The Morgan fingerprint density at radius 1 is 0.971 bits per heavy atom. The highest BCUT2D eigenvalue weighted by atomic mass is 32.2. The Kier molecular flexibility index (Phi) is 6.67. The summed E-state index contributed by atoms with van der Waals surface area (Å²) in [6.07, 6.45) is 3.75. The zero-order chi connectivity index (χ0) is 24.0. The molecule has 2 heterocycles. The first-order chi connectivity index (χ1) is 17.2.